The summed E-state index contributed by atoms with van der Waals surface area (Å²) < 4.78 is 0. The molecule has 0 aromatic heterocycles. The van der Waals surface area contributed by atoms with Crippen LogP contribution in [0.15, 0.2) is 42.5 Å². The molecule has 0 saturated heterocycles. The fraction of sp³-hybridized carbons (Fsp3) is 0.188. The minimum atomic E-state index is -2.26. The number of hydrogen-bond acceptors (Lipinski definition) is 4. The molecule has 0 spiro atoms. The lowest BCUT2D eigenvalue weighted by Gasteiger charge is -2.23. The fourth-order valence-corrected chi connectivity index (χ4v) is 2.29. The largest absolute Gasteiger partial charge is 0.481 e. The van der Waals surface area contributed by atoms with Crippen molar-refractivity contribution in [3.63, 3.8) is 0 Å². The first-order valence-corrected chi connectivity index (χ1v) is 6.63. The molecule has 2 aromatic carbocycles. The van der Waals surface area contributed by atoms with Crippen molar-refractivity contribution >= 4 is 28.5 Å². The fourth-order valence-electron chi connectivity index (χ4n) is 2.29. The Labute approximate surface area is 126 Å². The Morgan fingerprint density at radius 1 is 1.00 bits per heavy atom. The number of carboxylic acids is 2. The molecule has 0 aliphatic rings. The molecule has 0 amide bonds. The zero-order chi connectivity index (χ0) is 16.3. The predicted octanol–water partition coefficient (Wildman–Crippen LogP) is 1.67. The highest BCUT2D eigenvalue weighted by Crippen LogP contribution is 2.24. The topological polar surface area (TPSA) is 118 Å². The Hall–Kier alpha value is -2.73. The first kappa shape index (κ1) is 15.7. The lowest BCUT2D eigenvalue weighted by atomic mass is 9.84. The van der Waals surface area contributed by atoms with E-state index in [1.165, 1.54) is 6.07 Å². The van der Waals surface area contributed by atoms with Crippen LogP contribution in [0.3, 0.4) is 0 Å². The molecule has 22 heavy (non-hydrogen) atoms. The third-order valence-electron chi connectivity index (χ3n) is 3.55. The van der Waals surface area contributed by atoms with Gasteiger partial charge in [0.25, 0.3) is 0 Å². The molecule has 0 radical (unpaired) electrons. The molecule has 1 atom stereocenters. The Kier molecular flexibility index (Phi) is 4.23. The first-order valence-electron chi connectivity index (χ1n) is 6.63. The number of fused-ring (bicyclic) bond motifs is 1. The summed E-state index contributed by atoms with van der Waals surface area (Å²) in [6, 6.07) is 11.9. The number of carbonyl (C=O) groups is 3. The monoisotopic (exact) mass is 301 g/mol. The van der Waals surface area contributed by atoms with Gasteiger partial charge in [-0.3, -0.25) is 9.59 Å². The summed E-state index contributed by atoms with van der Waals surface area (Å²) in [5.74, 6) is -3.54. The maximum absolute atomic E-state index is 12.6. The SMILES string of the molecule is N[C@@](CCC(=O)O)(C(=O)O)C(=O)c1cccc2ccccc12. The molecule has 114 valence electrons. The van der Waals surface area contributed by atoms with Crippen LogP contribution in [0.4, 0.5) is 0 Å². The normalized spacial score (nSPS) is 13.5. The summed E-state index contributed by atoms with van der Waals surface area (Å²) in [7, 11) is 0. The highest BCUT2D eigenvalue weighted by Gasteiger charge is 2.43. The van der Waals surface area contributed by atoms with Gasteiger partial charge in [0.05, 0.1) is 0 Å². The van der Waals surface area contributed by atoms with E-state index >= 15 is 0 Å². The number of nitrogens with two attached hydrogens (primary N) is 1. The van der Waals surface area contributed by atoms with E-state index in [0.717, 1.165) is 5.39 Å². The van der Waals surface area contributed by atoms with E-state index in [2.05, 4.69) is 0 Å². The van der Waals surface area contributed by atoms with Gasteiger partial charge >= 0.3 is 11.9 Å². The predicted molar refractivity (Wildman–Crippen MR) is 79.7 cm³/mol. The number of carbonyl (C=O) groups excluding carboxylic acids is 1. The van der Waals surface area contributed by atoms with Gasteiger partial charge in [0.15, 0.2) is 11.3 Å². The summed E-state index contributed by atoms with van der Waals surface area (Å²) in [4.78, 5) is 34.8. The molecule has 0 fully saturated rings. The average molecular weight is 301 g/mol. The standard InChI is InChI=1S/C16H15NO5/c17-16(15(21)22,9-8-13(18)19)14(20)12-7-3-5-10-4-1-2-6-11(10)12/h1-7H,8-9,17H2,(H,18,19)(H,21,22)/t16-/m1/s1. The Balaban J connectivity index is 2.50. The summed E-state index contributed by atoms with van der Waals surface area (Å²) in [5, 5.41) is 19.4. The molecule has 0 saturated carbocycles. The van der Waals surface area contributed by atoms with Crippen molar-refractivity contribution < 1.29 is 24.6 Å². The van der Waals surface area contributed by atoms with E-state index in [9.17, 15) is 19.5 Å². The van der Waals surface area contributed by atoms with Crippen LogP contribution in [0, 0.1) is 0 Å². The van der Waals surface area contributed by atoms with Crippen molar-refractivity contribution in [3.05, 3.63) is 48.0 Å². The second-order valence-electron chi connectivity index (χ2n) is 5.03. The van der Waals surface area contributed by atoms with E-state index in [1.54, 1.807) is 36.4 Å². The second-order valence-corrected chi connectivity index (χ2v) is 5.03. The molecule has 0 aliphatic heterocycles. The van der Waals surface area contributed by atoms with Crippen LogP contribution in [-0.2, 0) is 9.59 Å². The van der Waals surface area contributed by atoms with Gasteiger partial charge in [0, 0.05) is 12.0 Å². The van der Waals surface area contributed by atoms with Gasteiger partial charge in [-0.15, -0.1) is 0 Å². The van der Waals surface area contributed by atoms with Gasteiger partial charge in [-0.1, -0.05) is 42.5 Å². The van der Waals surface area contributed by atoms with Crippen LogP contribution in [0.2, 0.25) is 0 Å². The number of benzene rings is 2. The van der Waals surface area contributed by atoms with E-state index < -0.39 is 36.1 Å². The van der Waals surface area contributed by atoms with Crippen LogP contribution in [-0.4, -0.2) is 33.5 Å². The van der Waals surface area contributed by atoms with Crippen molar-refractivity contribution in [2.45, 2.75) is 18.4 Å². The van der Waals surface area contributed by atoms with Gasteiger partial charge in [-0.05, 0) is 17.2 Å². The molecular weight excluding hydrogens is 286 g/mol. The van der Waals surface area contributed by atoms with Crippen molar-refractivity contribution in [2.75, 3.05) is 0 Å². The van der Waals surface area contributed by atoms with E-state index in [1.807, 2.05) is 0 Å². The Bertz CT molecular complexity index is 750. The zero-order valence-electron chi connectivity index (χ0n) is 11.7. The summed E-state index contributed by atoms with van der Waals surface area (Å²) in [5.41, 5.74) is 3.66. The highest BCUT2D eigenvalue weighted by molar-refractivity contribution is 6.20. The average Bonchev–Trinajstić information content (AvgIpc) is 2.51. The number of aliphatic carboxylic acids is 2. The Morgan fingerprint density at radius 2 is 1.64 bits per heavy atom. The smallest absolute Gasteiger partial charge is 0.331 e. The van der Waals surface area contributed by atoms with E-state index in [-0.39, 0.29) is 5.56 Å². The maximum Gasteiger partial charge on any atom is 0.331 e. The highest BCUT2D eigenvalue weighted by atomic mass is 16.4. The van der Waals surface area contributed by atoms with Gasteiger partial charge in [0.2, 0.25) is 0 Å². The molecule has 0 heterocycles. The molecule has 2 rings (SSSR count). The lowest BCUT2D eigenvalue weighted by molar-refractivity contribution is -0.142. The van der Waals surface area contributed by atoms with Gasteiger partial charge in [-0.2, -0.15) is 0 Å². The molecular formula is C16H15NO5. The van der Waals surface area contributed by atoms with Gasteiger partial charge < -0.3 is 15.9 Å². The Morgan fingerprint density at radius 3 is 2.27 bits per heavy atom. The summed E-state index contributed by atoms with van der Waals surface area (Å²) in [6.45, 7) is 0. The van der Waals surface area contributed by atoms with Crippen LogP contribution in [0.1, 0.15) is 23.2 Å². The minimum absolute atomic E-state index is 0.174. The van der Waals surface area contributed by atoms with Crippen LogP contribution in [0.5, 0.6) is 0 Å². The van der Waals surface area contributed by atoms with Crippen molar-refractivity contribution in [1.29, 1.82) is 0 Å². The number of ketones is 1. The lowest BCUT2D eigenvalue weighted by Crippen LogP contribution is -2.55. The number of hydrogen-bond donors (Lipinski definition) is 3. The number of Topliss-reactive ketones (excluding diaryl/α,β-unsaturated/α-hetero) is 1. The maximum atomic E-state index is 12.6. The molecule has 4 N–H and O–H groups in total. The first-order chi connectivity index (χ1) is 10.4. The molecule has 0 bridgehead atoms. The molecule has 0 aliphatic carbocycles. The van der Waals surface area contributed by atoms with Crippen LogP contribution in [0.25, 0.3) is 10.8 Å². The zero-order valence-corrected chi connectivity index (χ0v) is 11.7. The number of carboxylic acid groups (broad SMARTS) is 2. The van der Waals surface area contributed by atoms with Crippen molar-refractivity contribution in [2.24, 2.45) is 5.73 Å². The quantitative estimate of drug-likeness (QED) is 0.552. The minimum Gasteiger partial charge on any atom is -0.481 e. The second kappa shape index (κ2) is 5.95. The van der Waals surface area contributed by atoms with Gasteiger partial charge in [-0.25, -0.2) is 4.79 Å². The van der Waals surface area contributed by atoms with Crippen LogP contribution < -0.4 is 5.73 Å². The van der Waals surface area contributed by atoms with Crippen molar-refractivity contribution in [1.82, 2.24) is 0 Å². The molecule has 2 aromatic rings. The molecule has 0 unspecified atom stereocenters. The van der Waals surface area contributed by atoms with E-state index in [0.29, 0.717) is 5.39 Å². The van der Waals surface area contributed by atoms with Crippen LogP contribution >= 0.6 is 0 Å². The van der Waals surface area contributed by atoms with Crippen molar-refractivity contribution in [3.8, 4) is 0 Å². The number of rotatable bonds is 6. The van der Waals surface area contributed by atoms with E-state index in [4.69, 9.17) is 10.8 Å². The molecule has 6 heteroatoms. The molecule has 6 nitrogen and oxygen atoms in total. The summed E-state index contributed by atoms with van der Waals surface area (Å²) >= 11 is 0. The van der Waals surface area contributed by atoms with Gasteiger partial charge in [0.1, 0.15) is 0 Å². The summed E-state index contributed by atoms with van der Waals surface area (Å²) in [6.07, 6.45) is -0.973. The third kappa shape index (κ3) is 2.82. The third-order valence-corrected chi connectivity index (χ3v) is 3.55.